The Labute approximate surface area is 231 Å². The van der Waals surface area contributed by atoms with Crippen LogP contribution in [0.25, 0.3) is 11.2 Å². The van der Waals surface area contributed by atoms with E-state index in [0.717, 1.165) is 12.8 Å². The highest BCUT2D eigenvalue weighted by molar-refractivity contribution is 7.52. The summed E-state index contributed by atoms with van der Waals surface area (Å²) in [5.74, 6) is -0.0258. The molecule has 0 bridgehead atoms. The maximum Gasteiger partial charge on any atom is 0.459 e. The quantitative estimate of drug-likeness (QED) is 0.170. The number of fused-ring (bicyclic) bond motifs is 1. The fraction of sp³-hybridized carbons (Fsp3) is 0.520. The van der Waals surface area contributed by atoms with E-state index in [-0.39, 0.29) is 24.1 Å². The van der Waals surface area contributed by atoms with Gasteiger partial charge in [0.1, 0.15) is 41.9 Å². The fourth-order valence-corrected chi connectivity index (χ4v) is 5.68. The monoisotopic (exact) mass is 578 g/mol. The molecule has 0 amide bonds. The molecule has 1 fully saturated rings. The number of aliphatic hydroxyl groups excluding tert-OH is 2. The lowest BCUT2D eigenvalue weighted by atomic mass is 10.1. The first-order valence-electron chi connectivity index (χ1n) is 13.0. The predicted octanol–water partition coefficient (Wildman–Crippen LogP) is 2.19. The molecule has 5 N–H and O–H groups in total. The van der Waals surface area contributed by atoms with E-state index in [1.165, 1.54) is 24.1 Å². The molecule has 1 aliphatic heterocycles. The van der Waals surface area contributed by atoms with Crippen LogP contribution < -0.4 is 15.3 Å². The number of nitrogen functional groups attached to an aromatic ring is 1. The van der Waals surface area contributed by atoms with Crippen LogP contribution in [0, 0.1) is 5.92 Å². The van der Waals surface area contributed by atoms with Crippen molar-refractivity contribution in [1.82, 2.24) is 24.6 Å². The van der Waals surface area contributed by atoms with Crippen molar-refractivity contribution in [2.24, 2.45) is 5.92 Å². The van der Waals surface area contributed by atoms with Crippen molar-refractivity contribution < 1.29 is 38.1 Å². The summed E-state index contributed by atoms with van der Waals surface area (Å²) in [6, 6.07) is 7.23. The predicted molar refractivity (Wildman–Crippen MR) is 144 cm³/mol. The van der Waals surface area contributed by atoms with Gasteiger partial charge in [-0.05, 0) is 25.0 Å². The molecule has 0 radical (unpaired) electrons. The molecule has 1 aliphatic rings. The van der Waals surface area contributed by atoms with Gasteiger partial charge < -0.3 is 29.9 Å². The van der Waals surface area contributed by atoms with Gasteiger partial charge in [-0.2, -0.15) is 5.09 Å². The van der Waals surface area contributed by atoms with Gasteiger partial charge >= 0.3 is 13.7 Å². The Bertz CT molecular complexity index is 1320. The largest absolute Gasteiger partial charge is 0.464 e. The highest BCUT2D eigenvalue weighted by Crippen LogP contribution is 2.46. The minimum absolute atomic E-state index is 0.147. The van der Waals surface area contributed by atoms with Gasteiger partial charge in [0.05, 0.1) is 19.5 Å². The van der Waals surface area contributed by atoms with Crippen molar-refractivity contribution in [2.45, 2.75) is 64.2 Å². The third-order valence-corrected chi connectivity index (χ3v) is 8.34. The molecule has 6 atom stereocenters. The number of rotatable bonds is 13. The molecule has 218 valence electrons. The maximum atomic E-state index is 13.8. The molecule has 0 aliphatic carbocycles. The Morgan fingerprint density at radius 2 is 1.90 bits per heavy atom. The van der Waals surface area contributed by atoms with Crippen LogP contribution in [0.15, 0.2) is 43.0 Å². The zero-order valence-corrected chi connectivity index (χ0v) is 23.4. The lowest BCUT2D eigenvalue weighted by Gasteiger charge is -2.25. The molecule has 3 aromatic rings. The van der Waals surface area contributed by atoms with E-state index in [9.17, 15) is 19.6 Å². The van der Waals surface area contributed by atoms with Crippen LogP contribution in [0.3, 0.4) is 0 Å². The van der Waals surface area contributed by atoms with Crippen LogP contribution in [0.2, 0.25) is 0 Å². The van der Waals surface area contributed by atoms with E-state index < -0.39 is 50.9 Å². The number of anilines is 1. The second kappa shape index (κ2) is 13.0. The number of aliphatic hydroxyl groups is 2. The molecule has 2 unspecified atom stereocenters. The highest BCUT2D eigenvalue weighted by atomic mass is 31.2. The molecule has 15 heteroatoms. The van der Waals surface area contributed by atoms with Crippen LogP contribution in [-0.4, -0.2) is 73.3 Å². The molecule has 0 spiro atoms. The minimum Gasteiger partial charge on any atom is -0.464 e. The van der Waals surface area contributed by atoms with Crippen LogP contribution >= 0.6 is 7.75 Å². The van der Waals surface area contributed by atoms with E-state index in [2.05, 4.69) is 20.0 Å². The lowest BCUT2D eigenvalue weighted by Crippen LogP contribution is -2.37. The van der Waals surface area contributed by atoms with Crippen molar-refractivity contribution in [1.29, 1.82) is 0 Å². The molecular weight excluding hydrogens is 543 g/mol. The number of aromatic nitrogens is 4. The molecule has 0 saturated carbocycles. The van der Waals surface area contributed by atoms with E-state index in [1.54, 1.807) is 30.3 Å². The summed E-state index contributed by atoms with van der Waals surface area (Å²) in [6.07, 6.45) is -0.718. The number of hydrogen-bond donors (Lipinski definition) is 4. The molecule has 40 heavy (non-hydrogen) atoms. The molecule has 14 nitrogen and oxygen atoms in total. The zero-order valence-electron chi connectivity index (χ0n) is 22.5. The van der Waals surface area contributed by atoms with E-state index in [1.807, 2.05) is 13.8 Å². The molecule has 1 aromatic carbocycles. The topological polar surface area (TPSA) is 193 Å². The summed E-state index contributed by atoms with van der Waals surface area (Å²) in [4.78, 5) is 24.8. The summed E-state index contributed by atoms with van der Waals surface area (Å²) in [6.45, 7) is 5.30. The number of para-hydroxylation sites is 1. The molecule has 4 rings (SSSR count). The van der Waals surface area contributed by atoms with Crippen molar-refractivity contribution in [3.63, 3.8) is 0 Å². The summed E-state index contributed by atoms with van der Waals surface area (Å²) in [7, 11) is -4.22. The fourth-order valence-electron chi connectivity index (χ4n) is 4.17. The van der Waals surface area contributed by atoms with Gasteiger partial charge in [-0.15, -0.1) is 0 Å². The van der Waals surface area contributed by atoms with Gasteiger partial charge in [0.15, 0.2) is 17.7 Å². The summed E-state index contributed by atoms with van der Waals surface area (Å²) >= 11 is 0. The number of carbonyl (C=O) groups is 1. The smallest absolute Gasteiger partial charge is 0.459 e. The summed E-state index contributed by atoms with van der Waals surface area (Å²) in [5, 5.41) is 24.0. The third-order valence-electron chi connectivity index (χ3n) is 6.70. The second-order valence-corrected chi connectivity index (χ2v) is 11.2. The van der Waals surface area contributed by atoms with Gasteiger partial charge in [-0.25, -0.2) is 19.5 Å². The zero-order chi connectivity index (χ0) is 28.9. The number of esters is 1. The number of hydrogen-bond acceptors (Lipinski definition) is 12. The van der Waals surface area contributed by atoms with E-state index >= 15 is 0 Å². The molecule has 1 saturated heterocycles. The number of imidazole rings is 1. The maximum absolute atomic E-state index is 13.8. The number of nitrogens with two attached hydrogens (primary N) is 1. The average molecular weight is 579 g/mol. The SMILES string of the molecule is CCC(CC)COC(=O)[C@H](C)NP(=O)(OC[C@H]1O[C@@H](n2cnc3c(N)ncnc32)C(O)[C@H]1O)Oc1ccccc1. The normalized spacial score (nSPS) is 23.2. The van der Waals surface area contributed by atoms with Crippen molar-refractivity contribution >= 4 is 30.7 Å². The Hall–Kier alpha value is -3.13. The first-order chi connectivity index (χ1) is 19.2. The Morgan fingerprint density at radius 1 is 1.18 bits per heavy atom. The van der Waals surface area contributed by atoms with Gasteiger partial charge in [0.25, 0.3) is 0 Å². The van der Waals surface area contributed by atoms with Gasteiger partial charge in [0.2, 0.25) is 0 Å². The Kier molecular flexibility index (Phi) is 9.72. The lowest BCUT2D eigenvalue weighted by molar-refractivity contribution is -0.146. The Balaban J connectivity index is 1.46. The standard InChI is InChI=1S/C25H35N6O8P/c1-4-16(5-2)11-36-25(34)15(3)30-40(35,39-17-9-7-6-8-10-17)37-12-18-20(32)21(33)24(38-18)31-14-29-19-22(26)27-13-28-23(19)31/h6-10,13-16,18,20-21,24,32-33H,4-5,11-12H2,1-3H3,(H,30,35)(H2,26,27,28)/t15-,18+,20-,21?,24+,40?/m0/s1. The highest BCUT2D eigenvalue weighted by Gasteiger charge is 2.46. The van der Waals surface area contributed by atoms with E-state index in [4.69, 9.17) is 24.3 Å². The van der Waals surface area contributed by atoms with Crippen LogP contribution in [0.1, 0.15) is 39.8 Å². The number of nitrogens with one attached hydrogen (secondary N) is 1. The second-order valence-electron chi connectivity index (χ2n) is 9.49. The van der Waals surface area contributed by atoms with Gasteiger partial charge in [-0.3, -0.25) is 13.9 Å². The van der Waals surface area contributed by atoms with Crippen molar-refractivity contribution in [3.05, 3.63) is 43.0 Å². The molecule has 2 aromatic heterocycles. The van der Waals surface area contributed by atoms with Gasteiger partial charge in [-0.1, -0.05) is 44.9 Å². The first kappa shape index (κ1) is 29.8. The van der Waals surface area contributed by atoms with Crippen molar-refractivity contribution in [3.8, 4) is 5.75 Å². The van der Waals surface area contributed by atoms with E-state index in [0.29, 0.717) is 11.2 Å². The average Bonchev–Trinajstić information content (AvgIpc) is 3.50. The number of nitrogens with zero attached hydrogens (tertiary/aromatic N) is 4. The molecule has 3 heterocycles. The van der Waals surface area contributed by atoms with Gasteiger partial charge in [0, 0.05) is 0 Å². The third kappa shape index (κ3) is 6.77. The molecular formula is C25H35N6O8P. The number of carbonyl (C=O) groups excluding carboxylic acids is 1. The van der Waals surface area contributed by atoms with Crippen molar-refractivity contribution in [2.75, 3.05) is 18.9 Å². The minimum atomic E-state index is -4.22. The van der Waals surface area contributed by atoms with Crippen LogP contribution in [0.4, 0.5) is 5.82 Å². The summed E-state index contributed by atoms with van der Waals surface area (Å²) in [5.41, 5.74) is 6.45. The van der Waals surface area contributed by atoms with Crippen LogP contribution in [-0.2, 0) is 23.4 Å². The Morgan fingerprint density at radius 3 is 2.60 bits per heavy atom. The number of benzene rings is 1. The number of ether oxygens (including phenoxy) is 2. The van der Waals surface area contributed by atoms with Crippen LogP contribution in [0.5, 0.6) is 5.75 Å². The summed E-state index contributed by atoms with van der Waals surface area (Å²) < 4.78 is 37.8. The first-order valence-corrected chi connectivity index (χ1v) is 14.6.